The molecule has 0 unspecified atom stereocenters. The van der Waals surface area contributed by atoms with E-state index >= 15 is 0 Å². The van der Waals surface area contributed by atoms with E-state index in [2.05, 4.69) is 350 Å². The SMILES string of the molecule is c1ccc(N(c2ccc3c(c2)c2ccccc2n3-c2ccccc2)c2ccc(N(c3ccccc3)c3ccc4c(c3)c3ccccc3n4-c3ccccc3)c(N(c3ccccc3)c3ccc4c(c3)c3ccccc3n4-c3ccccc3)n2)cc1. The molecular weight excluding hydrogens is 1020 g/mol. The van der Waals surface area contributed by atoms with Gasteiger partial charge in [-0.25, -0.2) is 4.98 Å². The van der Waals surface area contributed by atoms with Crippen LogP contribution < -0.4 is 14.7 Å². The summed E-state index contributed by atoms with van der Waals surface area (Å²) in [6.07, 6.45) is 0. The monoisotopic (exact) mass is 1080 g/mol. The van der Waals surface area contributed by atoms with Crippen LogP contribution in [-0.2, 0) is 0 Å². The van der Waals surface area contributed by atoms with Crippen molar-refractivity contribution in [1.29, 1.82) is 0 Å². The molecule has 0 atom stereocenters. The summed E-state index contributed by atoms with van der Waals surface area (Å²) in [6.45, 7) is 0. The molecule has 4 heterocycles. The van der Waals surface area contributed by atoms with Gasteiger partial charge in [0.2, 0.25) is 0 Å². The number of nitrogens with zero attached hydrogens (tertiary/aromatic N) is 7. The fourth-order valence-corrected chi connectivity index (χ4v) is 12.7. The molecule has 0 spiro atoms. The van der Waals surface area contributed by atoms with Gasteiger partial charge in [0.25, 0.3) is 0 Å². The molecule has 16 aromatic rings. The lowest BCUT2D eigenvalue weighted by Crippen LogP contribution is -2.20. The van der Waals surface area contributed by atoms with Gasteiger partial charge in [-0.2, -0.15) is 0 Å². The molecule has 7 nitrogen and oxygen atoms in total. The van der Waals surface area contributed by atoms with Crippen molar-refractivity contribution < 1.29 is 0 Å². The average Bonchev–Trinajstić information content (AvgIpc) is 4.19. The lowest BCUT2D eigenvalue weighted by atomic mass is 10.1. The van der Waals surface area contributed by atoms with E-state index in [4.69, 9.17) is 4.98 Å². The van der Waals surface area contributed by atoms with Crippen molar-refractivity contribution in [3.8, 4) is 17.1 Å². The summed E-state index contributed by atoms with van der Waals surface area (Å²) >= 11 is 0. The molecular formula is C77H53N7. The van der Waals surface area contributed by atoms with Gasteiger partial charge in [-0.15, -0.1) is 0 Å². The molecule has 0 aliphatic carbocycles. The maximum atomic E-state index is 6.09. The van der Waals surface area contributed by atoms with Crippen molar-refractivity contribution in [2.24, 2.45) is 0 Å². The van der Waals surface area contributed by atoms with E-state index in [1.54, 1.807) is 0 Å². The second kappa shape index (κ2) is 20.3. The first-order chi connectivity index (χ1) is 41.7. The van der Waals surface area contributed by atoms with Crippen LogP contribution in [-0.4, -0.2) is 18.7 Å². The number of pyridine rings is 1. The number of fused-ring (bicyclic) bond motifs is 9. The van der Waals surface area contributed by atoms with Crippen molar-refractivity contribution in [3.63, 3.8) is 0 Å². The van der Waals surface area contributed by atoms with Gasteiger partial charge in [-0.3, -0.25) is 9.80 Å². The Bertz CT molecular complexity index is 5070. The summed E-state index contributed by atoms with van der Waals surface area (Å²) in [5.41, 5.74) is 16.9. The quantitative estimate of drug-likeness (QED) is 0.122. The molecule has 0 bridgehead atoms. The summed E-state index contributed by atoms with van der Waals surface area (Å²) in [5, 5.41) is 6.96. The molecule has 4 aromatic heterocycles. The molecule has 0 saturated carbocycles. The zero-order valence-electron chi connectivity index (χ0n) is 45.7. The molecule has 0 amide bonds. The molecule has 16 rings (SSSR count). The summed E-state index contributed by atoms with van der Waals surface area (Å²) < 4.78 is 7.12. The fraction of sp³-hybridized carbons (Fsp3) is 0. The Hall–Kier alpha value is -11.4. The number of hydrogen-bond acceptors (Lipinski definition) is 4. The average molecular weight is 1080 g/mol. The standard InChI is InChI=1S/C77H53N7/c1-7-25-54(26-8-1)79(60-43-46-72-66(51-60)63-37-19-22-40-69(63)82(72)57-31-13-4-14-32-57)75-49-50-76(80(55-27-9-2-10-28-55)61-44-47-73-67(52-61)64-38-20-23-41-70(64)83(73)58-33-15-5-16-34-58)78-77(75)81(56-29-11-3-12-30-56)62-45-48-74-68(53-62)65-39-21-24-42-71(65)84(74)59-35-17-6-18-36-59/h1-53H. The number of aromatic nitrogens is 4. The first-order valence-electron chi connectivity index (χ1n) is 28.5. The number of hydrogen-bond donors (Lipinski definition) is 0. The van der Waals surface area contributed by atoms with Crippen molar-refractivity contribution in [2.75, 3.05) is 14.7 Å². The molecule has 0 fully saturated rings. The summed E-state index contributed by atoms with van der Waals surface area (Å²) in [6, 6.07) is 115. The Labute approximate surface area is 486 Å². The Morgan fingerprint density at radius 3 is 0.905 bits per heavy atom. The Morgan fingerprint density at radius 2 is 0.512 bits per heavy atom. The Balaban J connectivity index is 0.972. The van der Waals surface area contributed by atoms with E-state index in [1.165, 1.54) is 16.2 Å². The third-order valence-corrected chi connectivity index (χ3v) is 16.4. The highest BCUT2D eigenvalue weighted by Gasteiger charge is 2.28. The Morgan fingerprint density at radius 1 is 0.214 bits per heavy atom. The van der Waals surface area contributed by atoms with Gasteiger partial charge in [-0.1, -0.05) is 164 Å². The zero-order chi connectivity index (χ0) is 55.5. The normalized spacial score (nSPS) is 11.6. The minimum Gasteiger partial charge on any atom is -0.309 e. The van der Waals surface area contributed by atoms with Gasteiger partial charge in [0, 0.05) is 83.5 Å². The van der Waals surface area contributed by atoms with Crippen LogP contribution >= 0.6 is 0 Å². The molecule has 12 aromatic carbocycles. The van der Waals surface area contributed by atoms with Gasteiger partial charge in [0.05, 0.1) is 38.8 Å². The van der Waals surface area contributed by atoms with E-state index in [1.807, 2.05) is 0 Å². The third kappa shape index (κ3) is 8.09. The molecule has 396 valence electrons. The largest absolute Gasteiger partial charge is 0.309 e. The Kier molecular flexibility index (Phi) is 11.7. The predicted octanol–water partition coefficient (Wildman–Crippen LogP) is 20.8. The number of benzene rings is 12. The second-order valence-corrected chi connectivity index (χ2v) is 21.2. The first kappa shape index (κ1) is 48.5. The van der Waals surface area contributed by atoms with Crippen molar-refractivity contribution in [3.05, 3.63) is 322 Å². The van der Waals surface area contributed by atoms with Gasteiger partial charge >= 0.3 is 0 Å². The number of anilines is 9. The molecule has 0 saturated heterocycles. The van der Waals surface area contributed by atoms with E-state index < -0.39 is 0 Å². The highest BCUT2D eigenvalue weighted by Crippen LogP contribution is 2.49. The van der Waals surface area contributed by atoms with Gasteiger partial charge in [-0.05, 0) is 158 Å². The van der Waals surface area contributed by atoms with Crippen LogP contribution in [0.2, 0.25) is 0 Å². The van der Waals surface area contributed by atoms with Crippen molar-refractivity contribution in [2.45, 2.75) is 0 Å². The van der Waals surface area contributed by atoms with E-state index in [0.717, 1.165) is 118 Å². The van der Waals surface area contributed by atoms with Crippen LogP contribution in [0.3, 0.4) is 0 Å². The van der Waals surface area contributed by atoms with Crippen LogP contribution in [0.25, 0.3) is 82.5 Å². The summed E-state index contributed by atoms with van der Waals surface area (Å²) in [4.78, 5) is 13.1. The molecule has 0 radical (unpaired) electrons. The predicted molar refractivity (Wildman–Crippen MR) is 351 cm³/mol. The molecule has 0 N–H and O–H groups in total. The fourth-order valence-electron chi connectivity index (χ4n) is 12.7. The van der Waals surface area contributed by atoms with Crippen LogP contribution in [0, 0.1) is 0 Å². The lowest BCUT2D eigenvalue weighted by molar-refractivity contribution is 1.11. The van der Waals surface area contributed by atoms with Gasteiger partial charge in [0.1, 0.15) is 5.82 Å². The highest BCUT2D eigenvalue weighted by molar-refractivity contribution is 6.13. The van der Waals surface area contributed by atoms with E-state index in [-0.39, 0.29) is 0 Å². The summed E-state index contributed by atoms with van der Waals surface area (Å²) in [7, 11) is 0. The number of para-hydroxylation sites is 9. The highest BCUT2D eigenvalue weighted by atomic mass is 15.3. The zero-order valence-corrected chi connectivity index (χ0v) is 45.7. The second-order valence-electron chi connectivity index (χ2n) is 21.2. The maximum Gasteiger partial charge on any atom is 0.164 e. The minimum absolute atomic E-state index is 0.739. The van der Waals surface area contributed by atoms with Crippen LogP contribution in [0.4, 0.5) is 51.4 Å². The molecule has 84 heavy (non-hydrogen) atoms. The van der Waals surface area contributed by atoms with Crippen molar-refractivity contribution >= 4 is 117 Å². The molecule has 0 aliphatic heterocycles. The van der Waals surface area contributed by atoms with E-state index in [0.29, 0.717) is 0 Å². The van der Waals surface area contributed by atoms with Gasteiger partial charge in [0.15, 0.2) is 5.82 Å². The number of rotatable bonds is 12. The topological polar surface area (TPSA) is 37.4 Å². The summed E-state index contributed by atoms with van der Waals surface area (Å²) in [5.74, 6) is 1.49. The van der Waals surface area contributed by atoms with Gasteiger partial charge < -0.3 is 18.6 Å². The molecule has 7 heteroatoms. The van der Waals surface area contributed by atoms with Crippen LogP contribution in [0.1, 0.15) is 0 Å². The molecule has 0 aliphatic rings. The van der Waals surface area contributed by atoms with Crippen LogP contribution in [0.5, 0.6) is 0 Å². The lowest BCUT2D eigenvalue weighted by Gasteiger charge is -2.34. The van der Waals surface area contributed by atoms with E-state index in [9.17, 15) is 0 Å². The first-order valence-corrected chi connectivity index (χ1v) is 28.5. The minimum atomic E-state index is 0.739. The van der Waals surface area contributed by atoms with Crippen LogP contribution in [0.15, 0.2) is 322 Å². The van der Waals surface area contributed by atoms with Crippen molar-refractivity contribution in [1.82, 2.24) is 18.7 Å². The smallest absolute Gasteiger partial charge is 0.164 e. The third-order valence-electron chi connectivity index (χ3n) is 16.4. The maximum absolute atomic E-state index is 6.09.